The molecule has 1 heterocycles. The van der Waals surface area contributed by atoms with Crippen molar-refractivity contribution in [3.8, 4) is 11.3 Å². The van der Waals surface area contributed by atoms with Gasteiger partial charge >= 0.3 is 0 Å². The van der Waals surface area contributed by atoms with Crippen LogP contribution in [0.15, 0.2) is 48.6 Å². The van der Waals surface area contributed by atoms with Crippen LogP contribution in [0.4, 0.5) is 0 Å². The fraction of sp³-hybridized carbons (Fsp3) is 0.435. The highest BCUT2D eigenvalue weighted by Crippen LogP contribution is 2.34. The van der Waals surface area contributed by atoms with E-state index < -0.39 is 5.60 Å². The quantitative estimate of drug-likeness (QED) is 0.763. The fourth-order valence-corrected chi connectivity index (χ4v) is 3.35. The zero-order valence-corrected chi connectivity index (χ0v) is 16.8. The molecule has 144 valence electrons. The highest BCUT2D eigenvalue weighted by molar-refractivity contribution is 5.83. The minimum atomic E-state index is -0.853. The predicted octanol–water partition coefficient (Wildman–Crippen LogP) is 4.84. The second-order valence-electron chi connectivity index (χ2n) is 7.86. The van der Waals surface area contributed by atoms with Crippen LogP contribution in [0.25, 0.3) is 16.8 Å². The lowest BCUT2D eigenvalue weighted by molar-refractivity contribution is 0.0574. The number of nitrogens with zero attached hydrogens (tertiary/aromatic N) is 2. The molecular weight excluding hydrogens is 336 g/mol. The van der Waals surface area contributed by atoms with Crippen molar-refractivity contribution in [2.24, 2.45) is 5.92 Å². The molecule has 1 aromatic carbocycles. The maximum absolute atomic E-state index is 10.5. The Bertz CT molecular complexity index is 826. The van der Waals surface area contributed by atoms with Crippen LogP contribution in [0.5, 0.6) is 0 Å². The van der Waals surface area contributed by atoms with Crippen molar-refractivity contribution >= 4 is 5.57 Å². The number of aliphatic hydroxyl groups is 1. The van der Waals surface area contributed by atoms with Crippen molar-refractivity contribution < 1.29 is 9.84 Å². The third-order valence-electron chi connectivity index (χ3n) is 4.66. The van der Waals surface area contributed by atoms with Gasteiger partial charge in [-0.25, -0.2) is 4.98 Å². The molecule has 0 saturated carbocycles. The van der Waals surface area contributed by atoms with Crippen LogP contribution in [-0.4, -0.2) is 26.9 Å². The number of aromatic nitrogens is 2. The standard InChI is InChI=1S/C23H30N2O2/c1-5-27-15-20-24-21(18-13-11-17(2)12-14-18)22(19-9-7-6-8-10-19)25(20)16-23(3,4)26/h6-11,13-14,17,26H,5,12,15-16H2,1-4H3. The van der Waals surface area contributed by atoms with Crippen LogP contribution in [0.2, 0.25) is 0 Å². The Hall–Kier alpha value is -2.17. The molecule has 1 aliphatic carbocycles. The molecule has 0 saturated heterocycles. The summed E-state index contributed by atoms with van der Waals surface area (Å²) in [6.45, 7) is 9.37. The van der Waals surface area contributed by atoms with E-state index in [1.165, 1.54) is 0 Å². The molecule has 1 unspecified atom stereocenters. The summed E-state index contributed by atoms with van der Waals surface area (Å²) in [5.41, 5.74) is 3.38. The highest BCUT2D eigenvalue weighted by Gasteiger charge is 2.25. The van der Waals surface area contributed by atoms with E-state index in [-0.39, 0.29) is 0 Å². The van der Waals surface area contributed by atoms with E-state index in [4.69, 9.17) is 9.72 Å². The summed E-state index contributed by atoms with van der Waals surface area (Å²) < 4.78 is 7.80. The average molecular weight is 367 g/mol. The second kappa shape index (κ2) is 8.24. The SMILES string of the molecule is CCOCc1nc(C2=CCC(C)C=C2)c(-c2ccccc2)n1CC(C)(C)O. The van der Waals surface area contributed by atoms with Gasteiger partial charge in [0.15, 0.2) is 0 Å². The molecule has 3 rings (SSSR count). The van der Waals surface area contributed by atoms with Crippen molar-refractivity contribution in [2.45, 2.75) is 52.9 Å². The normalized spacial score (nSPS) is 17.2. The Kier molecular flexibility index (Phi) is 5.98. The topological polar surface area (TPSA) is 47.3 Å². The molecule has 0 fully saturated rings. The summed E-state index contributed by atoms with van der Waals surface area (Å²) in [5.74, 6) is 1.40. The zero-order chi connectivity index (χ0) is 19.4. The average Bonchev–Trinajstić information content (AvgIpc) is 2.97. The highest BCUT2D eigenvalue weighted by atomic mass is 16.5. The van der Waals surface area contributed by atoms with E-state index in [1.807, 2.05) is 39.0 Å². The molecule has 0 radical (unpaired) electrons. The van der Waals surface area contributed by atoms with Crippen LogP contribution in [0.1, 0.15) is 45.6 Å². The molecule has 1 N–H and O–H groups in total. The van der Waals surface area contributed by atoms with Crippen molar-refractivity contribution in [2.75, 3.05) is 6.61 Å². The van der Waals surface area contributed by atoms with Crippen LogP contribution in [0, 0.1) is 5.92 Å². The third kappa shape index (κ3) is 4.76. The summed E-state index contributed by atoms with van der Waals surface area (Å²) in [6.07, 6.45) is 7.68. The van der Waals surface area contributed by atoms with Gasteiger partial charge in [-0.3, -0.25) is 0 Å². The van der Waals surface area contributed by atoms with E-state index in [9.17, 15) is 5.11 Å². The van der Waals surface area contributed by atoms with Gasteiger partial charge in [0.2, 0.25) is 0 Å². The number of imidazole rings is 1. The molecule has 0 amide bonds. The number of rotatable bonds is 7. The maximum Gasteiger partial charge on any atom is 0.136 e. The first-order valence-electron chi connectivity index (χ1n) is 9.72. The maximum atomic E-state index is 10.5. The molecular formula is C23H30N2O2. The molecule has 4 nitrogen and oxygen atoms in total. The number of ether oxygens (including phenoxy) is 1. The van der Waals surface area contributed by atoms with Crippen LogP contribution < -0.4 is 0 Å². The van der Waals surface area contributed by atoms with E-state index in [2.05, 4.69) is 41.9 Å². The summed E-state index contributed by atoms with van der Waals surface area (Å²) in [6, 6.07) is 10.3. The monoisotopic (exact) mass is 366 g/mol. The van der Waals surface area contributed by atoms with Gasteiger partial charge in [0, 0.05) is 12.2 Å². The van der Waals surface area contributed by atoms with Crippen LogP contribution in [0.3, 0.4) is 0 Å². The van der Waals surface area contributed by atoms with E-state index in [0.717, 1.165) is 34.8 Å². The van der Waals surface area contributed by atoms with E-state index in [1.54, 1.807) is 0 Å². The second-order valence-corrected chi connectivity index (χ2v) is 7.86. The minimum Gasteiger partial charge on any atom is -0.389 e. The fourth-order valence-electron chi connectivity index (χ4n) is 3.35. The lowest BCUT2D eigenvalue weighted by Gasteiger charge is -2.22. The molecule has 1 aliphatic rings. The van der Waals surface area contributed by atoms with Gasteiger partial charge in [0.05, 0.1) is 23.5 Å². The third-order valence-corrected chi connectivity index (χ3v) is 4.66. The number of benzene rings is 1. The van der Waals surface area contributed by atoms with Gasteiger partial charge in [-0.2, -0.15) is 0 Å². The van der Waals surface area contributed by atoms with Crippen molar-refractivity contribution in [3.05, 3.63) is 60.1 Å². The Balaban J connectivity index is 2.18. The van der Waals surface area contributed by atoms with Gasteiger partial charge in [-0.05, 0) is 38.7 Å². The molecule has 4 heteroatoms. The number of hydrogen-bond donors (Lipinski definition) is 1. The molecule has 0 bridgehead atoms. The van der Waals surface area contributed by atoms with E-state index in [0.29, 0.717) is 25.7 Å². The molecule has 2 aromatic rings. The van der Waals surface area contributed by atoms with Gasteiger partial charge < -0.3 is 14.4 Å². The largest absolute Gasteiger partial charge is 0.389 e. The Morgan fingerprint density at radius 2 is 2.00 bits per heavy atom. The van der Waals surface area contributed by atoms with Crippen LogP contribution >= 0.6 is 0 Å². The van der Waals surface area contributed by atoms with Crippen molar-refractivity contribution in [1.29, 1.82) is 0 Å². The van der Waals surface area contributed by atoms with Crippen LogP contribution in [-0.2, 0) is 17.9 Å². The van der Waals surface area contributed by atoms with Gasteiger partial charge in [-0.1, -0.05) is 55.5 Å². The summed E-state index contributed by atoms with van der Waals surface area (Å²) in [5, 5.41) is 10.5. The lowest BCUT2D eigenvalue weighted by atomic mass is 9.95. The molecule has 0 aliphatic heterocycles. The Morgan fingerprint density at radius 1 is 1.26 bits per heavy atom. The lowest BCUT2D eigenvalue weighted by Crippen LogP contribution is -2.27. The molecule has 27 heavy (non-hydrogen) atoms. The number of hydrogen-bond acceptors (Lipinski definition) is 3. The Labute approximate surface area is 162 Å². The minimum absolute atomic E-state index is 0.430. The zero-order valence-electron chi connectivity index (χ0n) is 16.8. The smallest absolute Gasteiger partial charge is 0.136 e. The number of allylic oxidation sites excluding steroid dienone is 4. The summed E-state index contributed by atoms with van der Waals surface area (Å²) in [7, 11) is 0. The predicted molar refractivity (Wildman–Crippen MR) is 110 cm³/mol. The Morgan fingerprint density at radius 3 is 2.59 bits per heavy atom. The first kappa shape index (κ1) is 19.6. The van der Waals surface area contributed by atoms with Crippen molar-refractivity contribution in [3.63, 3.8) is 0 Å². The summed E-state index contributed by atoms with van der Waals surface area (Å²) in [4.78, 5) is 4.96. The molecule has 0 spiro atoms. The first-order valence-corrected chi connectivity index (χ1v) is 9.72. The van der Waals surface area contributed by atoms with E-state index >= 15 is 0 Å². The summed E-state index contributed by atoms with van der Waals surface area (Å²) >= 11 is 0. The molecule has 1 aromatic heterocycles. The van der Waals surface area contributed by atoms with Gasteiger partial charge in [-0.15, -0.1) is 0 Å². The van der Waals surface area contributed by atoms with Crippen molar-refractivity contribution in [1.82, 2.24) is 9.55 Å². The molecule has 1 atom stereocenters. The first-order chi connectivity index (χ1) is 12.9. The van der Waals surface area contributed by atoms with Gasteiger partial charge in [0.25, 0.3) is 0 Å². The van der Waals surface area contributed by atoms with Gasteiger partial charge in [0.1, 0.15) is 12.4 Å².